The molecule has 0 bridgehead atoms. The smallest absolute Gasteiger partial charge is 0.329 e. The Morgan fingerprint density at radius 3 is 2.52 bits per heavy atom. The van der Waals surface area contributed by atoms with Gasteiger partial charge in [-0.2, -0.15) is 0 Å². The molecule has 0 spiro atoms. The van der Waals surface area contributed by atoms with Crippen molar-refractivity contribution in [1.29, 1.82) is 0 Å². The van der Waals surface area contributed by atoms with Crippen molar-refractivity contribution >= 4 is 40.2 Å². The number of hydrogen-bond acceptors (Lipinski definition) is 5. The zero-order chi connectivity index (χ0) is 22.4. The summed E-state index contributed by atoms with van der Waals surface area (Å²) in [5, 5.41) is 3.86. The third-order valence-electron chi connectivity index (χ3n) is 4.73. The number of esters is 1. The molecular weight excluding hydrogens is 420 g/mol. The van der Waals surface area contributed by atoms with Gasteiger partial charge in [0.1, 0.15) is 12.6 Å². The number of hydrogen-bond donors (Lipinski definition) is 2. The molecule has 3 rings (SSSR count). The van der Waals surface area contributed by atoms with Crippen LogP contribution in [0.1, 0.15) is 29.3 Å². The number of aromatic amines is 1. The summed E-state index contributed by atoms with van der Waals surface area (Å²) in [6, 6.07) is 13.6. The lowest BCUT2D eigenvalue weighted by Crippen LogP contribution is -2.44. The fourth-order valence-corrected chi connectivity index (χ4v) is 3.18. The number of Topliss-reactive ketones (excluding diaryl/α,β-unsaturated/α-hetero) is 1. The number of para-hydroxylation sites is 1. The molecule has 0 saturated carbocycles. The summed E-state index contributed by atoms with van der Waals surface area (Å²) in [5.74, 6) is -1.50. The molecule has 0 aliphatic heterocycles. The standard InChI is InChI=1S/C23H21ClN2O5/c1-2-17(27)13-31-23(30)20(26-22(29)14-7-9-16(24)10-8-14)11-15-12-21(28)25-19-6-4-3-5-18(15)19/h3-10,12,20H,2,11,13H2,1H3,(H,25,28)(H,26,29). The Labute approximate surface area is 183 Å². The maximum atomic E-state index is 12.7. The first-order valence-corrected chi connectivity index (χ1v) is 10.1. The normalized spacial score (nSPS) is 11.7. The molecule has 0 saturated heterocycles. The predicted octanol–water partition coefficient (Wildman–Crippen LogP) is 3.04. The maximum Gasteiger partial charge on any atom is 0.329 e. The van der Waals surface area contributed by atoms with Crippen LogP contribution in [0.15, 0.2) is 59.4 Å². The van der Waals surface area contributed by atoms with Crippen LogP contribution < -0.4 is 10.9 Å². The van der Waals surface area contributed by atoms with Gasteiger partial charge < -0.3 is 15.0 Å². The molecule has 7 nitrogen and oxygen atoms in total. The number of halogens is 1. The molecule has 0 fully saturated rings. The molecular formula is C23H21ClN2O5. The highest BCUT2D eigenvalue weighted by Gasteiger charge is 2.25. The molecule has 0 radical (unpaired) electrons. The topological polar surface area (TPSA) is 105 Å². The molecule has 0 aliphatic rings. The van der Waals surface area contributed by atoms with Crippen LogP contribution in [0.4, 0.5) is 0 Å². The average molecular weight is 441 g/mol. The van der Waals surface area contributed by atoms with Gasteiger partial charge in [-0.1, -0.05) is 36.7 Å². The van der Waals surface area contributed by atoms with Crippen molar-refractivity contribution in [2.75, 3.05) is 6.61 Å². The summed E-state index contributed by atoms with van der Waals surface area (Å²) in [4.78, 5) is 51.8. The van der Waals surface area contributed by atoms with Crippen molar-refractivity contribution in [1.82, 2.24) is 10.3 Å². The summed E-state index contributed by atoms with van der Waals surface area (Å²) in [5.41, 5.74) is 1.16. The fourth-order valence-electron chi connectivity index (χ4n) is 3.06. The summed E-state index contributed by atoms with van der Waals surface area (Å²) < 4.78 is 5.12. The quantitative estimate of drug-likeness (QED) is 0.524. The highest BCUT2D eigenvalue weighted by molar-refractivity contribution is 6.30. The number of carbonyl (C=O) groups is 3. The molecule has 2 aromatic carbocycles. The van der Waals surface area contributed by atoms with Gasteiger partial charge in [-0.25, -0.2) is 4.79 Å². The highest BCUT2D eigenvalue weighted by Crippen LogP contribution is 2.17. The number of pyridine rings is 1. The minimum Gasteiger partial charge on any atom is -0.456 e. The number of aromatic nitrogens is 1. The Bertz CT molecular complexity index is 1170. The van der Waals surface area contributed by atoms with Crippen LogP contribution in [0.5, 0.6) is 0 Å². The van der Waals surface area contributed by atoms with Gasteiger partial charge in [-0.3, -0.25) is 14.4 Å². The van der Waals surface area contributed by atoms with E-state index in [-0.39, 0.29) is 30.8 Å². The maximum absolute atomic E-state index is 12.7. The average Bonchev–Trinajstić information content (AvgIpc) is 2.76. The third kappa shape index (κ3) is 5.79. The Hall–Kier alpha value is -3.45. The Morgan fingerprint density at radius 1 is 1.10 bits per heavy atom. The Balaban J connectivity index is 1.89. The van der Waals surface area contributed by atoms with E-state index in [2.05, 4.69) is 10.3 Å². The van der Waals surface area contributed by atoms with E-state index in [0.717, 1.165) is 5.39 Å². The molecule has 160 valence electrons. The summed E-state index contributed by atoms with van der Waals surface area (Å²) >= 11 is 5.86. The molecule has 0 aliphatic carbocycles. The summed E-state index contributed by atoms with van der Waals surface area (Å²) in [7, 11) is 0. The van der Waals surface area contributed by atoms with E-state index >= 15 is 0 Å². The lowest BCUT2D eigenvalue weighted by Gasteiger charge is -2.18. The van der Waals surface area contributed by atoms with E-state index in [4.69, 9.17) is 16.3 Å². The van der Waals surface area contributed by atoms with Crippen molar-refractivity contribution in [3.63, 3.8) is 0 Å². The third-order valence-corrected chi connectivity index (χ3v) is 4.98. The van der Waals surface area contributed by atoms with E-state index in [1.165, 1.54) is 18.2 Å². The SMILES string of the molecule is CCC(=O)COC(=O)C(Cc1cc(=O)[nH]c2ccccc12)NC(=O)c1ccc(Cl)cc1. The lowest BCUT2D eigenvalue weighted by molar-refractivity contribution is -0.149. The van der Waals surface area contributed by atoms with Crippen LogP contribution in [0, 0.1) is 0 Å². The molecule has 31 heavy (non-hydrogen) atoms. The van der Waals surface area contributed by atoms with E-state index in [1.54, 1.807) is 31.2 Å². The summed E-state index contributed by atoms with van der Waals surface area (Å²) in [6.07, 6.45) is 0.247. The largest absolute Gasteiger partial charge is 0.456 e. The van der Waals surface area contributed by atoms with Crippen LogP contribution in [-0.4, -0.2) is 35.3 Å². The number of fused-ring (bicyclic) bond motifs is 1. The van der Waals surface area contributed by atoms with Crippen molar-refractivity contribution < 1.29 is 19.1 Å². The van der Waals surface area contributed by atoms with Gasteiger partial charge in [-0.05, 0) is 35.9 Å². The number of nitrogens with one attached hydrogen (secondary N) is 2. The molecule has 8 heteroatoms. The first kappa shape index (κ1) is 22.2. The second kappa shape index (κ2) is 10.0. The van der Waals surface area contributed by atoms with Crippen LogP contribution in [0.2, 0.25) is 5.02 Å². The van der Waals surface area contributed by atoms with Crippen molar-refractivity contribution in [2.24, 2.45) is 0 Å². The molecule has 3 aromatic rings. The van der Waals surface area contributed by atoms with Crippen molar-refractivity contribution in [3.05, 3.63) is 81.1 Å². The molecule has 1 heterocycles. The van der Waals surface area contributed by atoms with Gasteiger partial charge in [0.25, 0.3) is 5.91 Å². The van der Waals surface area contributed by atoms with Gasteiger partial charge in [0.05, 0.1) is 0 Å². The van der Waals surface area contributed by atoms with Gasteiger partial charge in [0, 0.05) is 40.4 Å². The zero-order valence-corrected chi connectivity index (χ0v) is 17.6. The molecule has 1 aromatic heterocycles. The second-order valence-electron chi connectivity index (χ2n) is 6.94. The first-order chi connectivity index (χ1) is 14.9. The minimum atomic E-state index is -1.10. The highest BCUT2D eigenvalue weighted by atomic mass is 35.5. The number of rotatable bonds is 8. The van der Waals surface area contributed by atoms with Crippen LogP contribution in [-0.2, 0) is 20.7 Å². The molecule has 1 amide bonds. The summed E-state index contributed by atoms with van der Waals surface area (Å²) in [6.45, 7) is 1.29. The number of ketones is 1. The first-order valence-electron chi connectivity index (χ1n) is 9.73. The van der Waals surface area contributed by atoms with Gasteiger partial charge >= 0.3 is 5.97 Å². The minimum absolute atomic E-state index is 0.0168. The van der Waals surface area contributed by atoms with Crippen molar-refractivity contribution in [2.45, 2.75) is 25.8 Å². The zero-order valence-electron chi connectivity index (χ0n) is 16.8. The van der Waals surface area contributed by atoms with Crippen LogP contribution in [0.25, 0.3) is 10.9 Å². The monoisotopic (exact) mass is 440 g/mol. The Kier molecular flexibility index (Phi) is 7.20. The second-order valence-corrected chi connectivity index (χ2v) is 7.38. The number of ether oxygens (including phenoxy) is 1. The number of amides is 1. The molecule has 1 unspecified atom stereocenters. The van der Waals surface area contributed by atoms with Gasteiger partial charge in [-0.15, -0.1) is 0 Å². The van der Waals surface area contributed by atoms with E-state index in [1.807, 2.05) is 12.1 Å². The number of benzene rings is 2. The van der Waals surface area contributed by atoms with Crippen LogP contribution >= 0.6 is 11.6 Å². The fraction of sp³-hybridized carbons (Fsp3) is 0.217. The van der Waals surface area contributed by atoms with E-state index < -0.39 is 17.9 Å². The number of carbonyl (C=O) groups excluding carboxylic acids is 3. The molecule has 1 atom stereocenters. The molecule has 2 N–H and O–H groups in total. The van der Waals surface area contributed by atoms with Gasteiger partial charge in [0.15, 0.2) is 5.78 Å². The predicted molar refractivity (Wildman–Crippen MR) is 117 cm³/mol. The van der Waals surface area contributed by atoms with Crippen molar-refractivity contribution in [3.8, 4) is 0 Å². The van der Waals surface area contributed by atoms with Gasteiger partial charge in [0.2, 0.25) is 5.56 Å². The number of H-pyrrole nitrogens is 1. The van der Waals surface area contributed by atoms with E-state index in [0.29, 0.717) is 21.7 Å². The van der Waals surface area contributed by atoms with Crippen LogP contribution in [0.3, 0.4) is 0 Å². The lowest BCUT2D eigenvalue weighted by atomic mass is 10.0. The van der Waals surface area contributed by atoms with E-state index in [9.17, 15) is 19.2 Å². The Morgan fingerprint density at radius 2 is 1.81 bits per heavy atom.